The highest BCUT2D eigenvalue weighted by molar-refractivity contribution is 9.10. The van der Waals surface area contributed by atoms with Gasteiger partial charge in [0.15, 0.2) is 6.10 Å². The number of para-hydroxylation sites is 2. The fourth-order valence-electron chi connectivity index (χ4n) is 3.74. The standard InChI is InChI=1S/C21H21BrN2O3/c22-16-5-3-4-15(12-16)14-8-10-24(11-9-14)20(25)13-19-21(26)23-17-6-1-2-7-18(17)27-19/h1-7,12,14,19H,8-11,13H2,(H,23,26). The average Bonchev–Trinajstić information content (AvgIpc) is 2.68. The van der Waals surface area contributed by atoms with Crippen LogP contribution in [0.4, 0.5) is 5.69 Å². The number of halogens is 1. The Morgan fingerprint density at radius 3 is 2.70 bits per heavy atom. The van der Waals surface area contributed by atoms with Crippen LogP contribution in [0.3, 0.4) is 0 Å². The molecular weight excluding hydrogens is 408 g/mol. The number of rotatable bonds is 3. The molecule has 2 amide bonds. The highest BCUT2D eigenvalue weighted by Gasteiger charge is 2.32. The molecule has 0 aliphatic carbocycles. The first-order chi connectivity index (χ1) is 13.1. The monoisotopic (exact) mass is 428 g/mol. The first-order valence-electron chi connectivity index (χ1n) is 9.20. The quantitative estimate of drug-likeness (QED) is 0.804. The van der Waals surface area contributed by atoms with Gasteiger partial charge in [0.2, 0.25) is 5.91 Å². The van der Waals surface area contributed by atoms with Gasteiger partial charge in [0.1, 0.15) is 5.75 Å². The van der Waals surface area contributed by atoms with E-state index in [4.69, 9.17) is 4.74 Å². The number of hydrogen-bond donors (Lipinski definition) is 1. The van der Waals surface area contributed by atoms with Crippen molar-refractivity contribution in [3.8, 4) is 5.75 Å². The first kappa shape index (κ1) is 18.0. The molecule has 0 spiro atoms. The Bertz CT molecular complexity index is 862. The molecular formula is C21H21BrN2O3. The average molecular weight is 429 g/mol. The number of anilines is 1. The number of likely N-dealkylation sites (tertiary alicyclic amines) is 1. The summed E-state index contributed by atoms with van der Waals surface area (Å²) < 4.78 is 6.83. The Morgan fingerprint density at radius 1 is 1.15 bits per heavy atom. The zero-order valence-corrected chi connectivity index (χ0v) is 16.4. The lowest BCUT2D eigenvalue weighted by Crippen LogP contribution is -2.44. The molecule has 0 saturated carbocycles. The van der Waals surface area contributed by atoms with Crippen molar-refractivity contribution in [2.24, 2.45) is 0 Å². The maximum absolute atomic E-state index is 12.7. The van der Waals surface area contributed by atoms with Gasteiger partial charge in [0.05, 0.1) is 12.1 Å². The molecule has 2 aromatic carbocycles. The van der Waals surface area contributed by atoms with Gasteiger partial charge in [-0.05, 0) is 48.6 Å². The fourth-order valence-corrected chi connectivity index (χ4v) is 4.15. The van der Waals surface area contributed by atoms with E-state index in [2.05, 4.69) is 33.4 Å². The summed E-state index contributed by atoms with van der Waals surface area (Å²) in [6, 6.07) is 15.6. The van der Waals surface area contributed by atoms with Gasteiger partial charge >= 0.3 is 0 Å². The van der Waals surface area contributed by atoms with Crippen LogP contribution in [0.2, 0.25) is 0 Å². The lowest BCUT2D eigenvalue weighted by molar-refractivity contribution is -0.137. The highest BCUT2D eigenvalue weighted by Crippen LogP contribution is 2.32. The second kappa shape index (κ2) is 7.72. The third-order valence-corrected chi connectivity index (χ3v) is 5.73. The van der Waals surface area contributed by atoms with E-state index in [1.165, 1.54) is 5.56 Å². The lowest BCUT2D eigenvalue weighted by Gasteiger charge is -2.33. The maximum Gasteiger partial charge on any atom is 0.266 e. The number of carbonyl (C=O) groups is 2. The number of piperidine rings is 1. The van der Waals surface area contributed by atoms with Crippen molar-refractivity contribution in [3.05, 3.63) is 58.6 Å². The molecule has 6 heteroatoms. The van der Waals surface area contributed by atoms with Crippen LogP contribution >= 0.6 is 15.9 Å². The third kappa shape index (κ3) is 4.00. The van der Waals surface area contributed by atoms with Crippen LogP contribution in [-0.4, -0.2) is 35.9 Å². The number of hydrogen-bond acceptors (Lipinski definition) is 3. The maximum atomic E-state index is 12.7. The molecule has 27 heavy (non-hydrogen) atoms. The molecule has 2 aliphatic heterocycles. The molecule has 1 fully saturated rings. The zero-order chi connectivity index (χ0) is 18.8. The molecule has 1 atom stereocenters. The van der Waals surface area contributed by atoms with E-state index >= 15 is 0 Å². The lowest BCUT2D eigenvalue weighted by atomic mass is 9.89. The van der Waals surface area contributed by atoms with Gasteiger partial charge in [0, 0.05) is 17.6 Å². The molecule has 4 rings (SSSR count). The van der Waals surface area contributed by atoms with Gasteiger partial charge in [-0.15, -0.1) is 0 Å². The number of carbonyl (C=O) groups excluding carboxylic acids is 2. The predicted octanol–water partition coefficient (Wildman–Crippen LogP) is 3.94. The van der Waals surface area contributed by atoms with Crippen LogP contribution in [0.1, 0.15) is 30.7 Å². The Labute approximate surface area is 166 Å². The largest absolute Gasteiger partial charge is 0.478 e. The van der Waals surface area contributed by atoms with Crippen molar-refractivity contribution in [3.63, 3.8) is 0 Å². The van der Waals surface area contributed by atoms with Crippen LogP contribution in [0, 0.1) is 0 Å². The van der Waals surface area contributed by atoms with E-state index in [9.17, 15) is 9.59 Å². The van der Waals surface area contributed by atoms with Gasteiger partial charge in [0.25, 0.3) is 5.91 Å². The summed E-state index contributed by atoms with van der Waals surface area (Å²) >= 11 is 3.52. The van der Waals surface area contributed by atoms with Crippen LogP contribution in [0.5, 0.6) is 5.75 Å². The summed E-state index contributed by atoms with van der Waals surface area (Å²) in [7, 11) is 0. The van der Waals surface area contributed by atoms with Crippen molar-refractivity contribution in [1.82, 2.24) is 4.90 Å². The number of ether oxygens (including phenoxy) is 1. The van der Waals surface area contributed by atoms with E-state index in [1.54, 1.807) is 12.1 Å². The van der Waals surface area contributed by atoms with Crippen LogP contribution in [0.15, 0.2) is 53.0 Å². The smallest absolute Gasteiger partial charge is 0.266 e. The summed E-state index contributed by atoms with van der Waals surface area (Å²) in [6.07, 6.45) is 1.17. The highest BCUT2D eigenvalue weighted by atomic mass is 79.9. The van der Waals surface area contributed by atoms with Gasteiger partial charge < -0.3 is 15.0 Å². The molecule has 0 aromatic heterocycles. The number of fused-ring (bicyclic) bond motifs is 1. The molecule has 5 nitrogen and oxygen atoms in total. The van der Waals surface area contributed by atoms with E-state index in [0.29, 0.717) is 30.4 Å². The van der Waals surface area contributed by atoms with Gasteiger partial charge in [-0.25, -0.2) is 0 Å². The third-order valence-electron chi connectivity index (χ3n) is 5.23. The molecule has 2 aliphatic rings. The number of nitrogens with one attached hydrogen (secondary N) is 1. The second-order valence-electron chi connectivity index (χ2n) is 7.01. The minimum Gasteiger partial charge on any atom is -0.478 e. The molecule has 0 bridgehead atoms. The minimum atomic E-state index is -0.768. The summed E-state index contributed by atoms with van der Waals surface area (Å²) in [6.45, 7) is 1.42. The van der Waals surface area contributed by atoms with E-state index in [1.807, 2.05) is 29.2 Å². The SMILES string of the molecule is O=C1Nc2ccccc2OC1CC(=O)N1CCC(c2cccc(Br)c2)CC1. The van der Waals surface area contributed by atoms with Crippen molar-refractivity contribution in [1.29, 1.82) is 0 Å². The molecule has 1 unspecified atom stereocenters. The Balaban J connectivity index is 1.34. The van der Waals surface area contributed by atoms with Crippen molar-refractivity contribution in [2.75, 3.05) is 18.4 Å². The van der Waals surface area contributed by atoms with Crippen LogP contribution in [0.25, 0.3) is 0 Å². The van der Waals surface area contributed by atoms with E-state index in [-0.39, 0.29) is 18.2 Å². The molecule has 1 N–H and O–H groups in total. The van der Waals surface area contributed by atoms with E-state index < -0.39 is 6.10 Å². The summed E-state index contributed by atoms with van der Waals surface area (Å²) in [5.74, 6) is 0.796. The Kier molecular flexibility index (Phi) is 5.16. The van der Waals surface area contributed by atoms with Crippen molar-refractivity contribution >= 4 is 33.4 Å². The van der Waals surface area contributed by atoms with Crippen molar-refractivity contribution in [2.45, 2.75) is 31.3 Å². The Morgan fingerprint density at radius 2 is 1.93 bits per heavy atom. The molecule has 0 radical (unpaired) electrons. The summed E-state index contributed by atoms with van der Waals surface area (Å²) in [5.41, 5.74) is 1.96. The minimum absolute atomic E-state index is 0.0257. The second-order valence-corrected chi connectivity index (χ2v) is 7.92. The molecule has 2 heterocycles. The molecule has 1 saturated heterocycles. The van der Waals surface area contributed by atoms with Gasteiger partial charge in [-0.1, -0.05) is 40.2 Å². The van der Waals surface area contributed by atoms with Gasteiger partial charge in [-0.2, -0.15) is 0 Å². The number of nitrogens with zero attached hydrogens (tertiary/aromatic N) is 1. The van der Waals surface area contributed by atoms with Crippen LogP contribution < -0.4 is 10.1 Å². The molecule has 2 aromatic rings. The normalized spacial score (nSPS) is 19.8. The Hall–Kier alpha value is -2.34. The molecule has 140 valence electrons. The first-order valence-corrected chi connectivity index (χ1v) is 9.99. The van der Waals surface area contributed by atoms with Crippen molar-refractivity contribution < 1.29 is 14.3 Å². The van der Waals surface area contributed by atoms with Crippen LogP contribution in [-0.2, 0) is 9.59 Å². The summed E-state index contributed by atoms with van der Waals surface area (Å²) in [4.78, 5) is 26.8. The number of amides is 2. The number of benzene rings is 2. The topological polar surface area (TPSA) is 58.6 Å². The zero-order valence-electron chi connectivity index (χ0n) is 14.9. The fraction of sp³-hybridized carbons (Fsp3) is 0.333. The summed E-state index contributed by atoms with van der Waals surface area (Å²) in [5, 5.41) is 2.81. The van der Waals surface area contributed by atoms with Gasteiger partial charge in [-0.3, -0.25) is 9.59 Å². The predicted molar refractivity (Wildman–Crippen MR) is 107 cm³/mol. The van der Waals surface area contributed by atoms with E-state index in [0.717, 1.165) is 17.3 Å².